The van der Waals surface area contributed by atoms with Crippen molar-refractivity contribution < 1.29 is 53.5 Å². The van der Waals surface area contributed by atoms with Crippen molar-refractivity contribution in [2.45, 2.75) is 141 Å². The number of nitro groups is 1. The number of nitrogens with zero attached hydrogens (tertiary/aromatic N) is 1. The van der Waals surface area contributed by atoms with Crippen molar-refractivity contribution in [2.75, 3.05) is 19.8 Å². The molecule has 0 aliphatic heterocycles. The summed E-state index contributed by atoms with van der Waals surface area (Å²) in [6.07, 6.45) is 9.59. The third kappa shape index (κ3) is 10.8. The smallest absolute Gasteiger partial charge is 0.310 e. The highest BCUT2D eigenvalue weighted by atomic mass is 17.2. The van der Waals surface area contributed by atoms with Gasteiger partial charge in [0.1, 0.15) is 6.10 Å². The van der Waals surface area contributed by atoms with Crippen LogP contribution in [-0.4, -0.2) is 83.3 Å². The molecule has 4 aliphatic rings. The fourth-order valence-electron chi connectivity index (χ4n) is 7.44. The molecule has 0 bridgehead atoms. The highest BCUT2D eigenvalue weighted by Crippen LogP contribution is 2.35. The molecule has 0 spiro atoms. The highest BCUT2D eigenvalue weighted by molar-refractivity contribution is 5.81. The summed E-state index contributed by atoms with van der Waals surface area (Å²) in [5.74, 6) is -4.76. The molecule has 4 fully saturated rings. The van der Waals surface area contributed by atoms with Crippen LogP contribution in [0, 0.1) is 39.2 Å². The number of carboxylic acid groups (broad SMARTS) is 2. The predicted octanol–water partition coefficient (Wildman–Crippen LogP) is 5.20. The maximum atomic E-state index is 12.9. The molecule has 13 heteroatoms. The van der Waals surface area contributed by atoms with E-state index in [-0.39, 0.29) is 60.9 Å². The lowest BCUT2D eigenvalue weighted by Crippen LogP contribution is -2.42. The van der Waals surface area contributed by atoms with Gasteiger partial charge in [0, 0.05) is 23.2 Å². The molecule has 0 amide bonds. The Kier molecular flexibility index (Phi) is 13.6. The van der Waals surface area contributed by atoms with E-state index in [2.05, 4.69) is 13.8 Å². The monoisotopic (exact) mass is 655 g/mol. The lowest BCUT2D eigenvalue weighted by Gasteiger charge is -2.34. The van der Waals surface area contributed by atoms with Crippen LogP contribution in [0.15, 0.2) is 0 Å². The Balaban J connectivity index is 1.08. The van der Waals surface area contributed by atoms with Crippen molar-refractivity contribution in [3.63, 3.8) is 0 Å². The molecular weight excluding hydrogens is 602 g/mol. The summed E-state index contributed by atoms with van der Waals surface area (Å²) < 4.78 is 18.2. The summed E-state index contributed by atoms with van der Waals surface area (Å²) in [6, 6.07) is -0.916. The molecule has 4 saturated carbocycles. The summed E-state index contributed by atoms with van der Waals surface area (Å²) in [7, 11) is 0. The standard InChI is InChI=1S/C33H53NO12/c1-33(2,20-43-24-10-14-26(15-11-24)46-44-18-21-5-3-4-6-27(21)30(35)36)19-42-23-8-12-25(13-9-23)45-32(39)29-17-22(34(40)41)7-16-28(29)31(37)38/h21-29H,3-20H2,1-2H3,(H,35,36)(H,37,38). The Labute approximate surface area is 271 Å². The van der Waals surface area contributed by atoms with Crippen LogP contribution in [-0.2, 0) is 38.4 Å². The predicted molar refractivity (Wildman–Crippen MR) is 163 cm³/mol. The molecule has 46 heavy (non-hydrogen) atoms. The molecule has 0 aromatic heterocycles. The van der Waals surface area contributed by atoms with E-state index in [1.807, 2.05) is 0 Å². The molecule has 5 atom stereocenters. The van der Waals surface area contributed by atoms with Crippen molar-refractivity contribution in [1.82, 2.24) is 0 Å². The zero-order valence-corrected chi connectivity index (χ0v) is 27.3. The largest absolute Gasteiger partial charge is 0.481 e. The van der Waals surface area contributed by atoms with Crippen LogP contribution in [0.1, 0.15) is 110 Å². The van der Waals surface area contributed by atoms with Gasteiger partial charge in [-0.1, -0.05) is 26.7 Å². The number of hydrogen-bond acceptors (Lipinski definition) is 10. The Bertz CT molecular complexity index is 1020. The molecule has 2 N–H and O–H groups in total. The van der Waals surface area contributed by atoms with Crippen LogP contribution in [0.25, 0.3) is 0 Å². The number of carbonyl (C=O) groups excluding carboxylic acids is 1. The van der Waals surface area contributed by atoms with Crippen LogP contribution in [0.2, 0.25) is 0 Å². The molecule has 262 valence electrons. The van der Waals surface area contributed by atoms with Crippen molar-refractivity contribution in [1.29, 1.82) is 0 Å². The van der Waals surface area contributed by atoms with Crippen LogP contribution < -0.4 is 0 Å². The molecule has 5 unspecified atom stereocenters. The fraction of sp³-hybridized carbons (Fsp3) is 0.909. The van der Waals surface area contributed by atoms with E-state index >= 15 is 0 Å². The van der Waals surface area contributed by atoms with Crippen LogP contribution >= 0.6 is 0 Å². The molecular formula is C33H53NO12. The first-order valence-electron chi connectivity index (χ1n) is 17.2. The van der Waals surface area contributed by atoms with Gasteiger partial charge in [0.15, 0.2) is 0 Å². The van der Waals surface area contributed by atoms with Gasteiger partial charge in [-0.15, -0.1) is 0 Å². The van der Waals surface area contributed by atoms with Crippen molar-refractivity contribution in [3.05, 3.63) is 10.1 Å². The SMILES string of the molecule is CC(C)(COC1CCC(OOCC2CCCCC2C(=O)O)CC1)COC1CCC(OC(=O)C2CC([N+](=O)[O-])CCC2C(=O)O)CC1. The van der Waals surface area contributed by atoms with Crippen LogP contribution in [0.4, 0.5) is 0 Å². The first-order chi connectivity index (χ1) is 21.9. The van der Waals surface area contributed by atoms with Crippen molar-refractivity contribution >= 4 is 17.9 Å². The first kappa shape index (κ1) is 36.5. The van der Waals surface area contributed by atoms with E-state index in [0.29, 0.717) is 51.9 Å². The molecule has 0 heterocycles. The van der Waals surface area contributed by atoms with Crippen molar-refractivity contribution in [3.8, 4) is 0 Å². The lowest BCUT2D eigenvalue weighted by molar-refractivity contribution is -0.528. The molecule has 0 radical (unpaired) electrons. The highest BCUT2D eigenvalue weighted by Gasteiger charge is 2.45. The Morgan fingerprint density at radius 3 is 1.83 bits per heavy atom. The number of hydrogen-bond donors (Lipinski definition) is 2. The third-order valence-electron chi connectivity index (χ3n) is 10.4. The summed E-state index contributed by atoms with van der Waals surface area (Å²) in [4.78, 5) is 58.0. The maximum Gasteiger partial charge on any atom is 0.310 e. The fourth-order valence-corrected chi connectivity index (χ4v) is 7.44. The lowest BCUT2D eigenvalue weighted by atomic mass is 9.77. The van der Waals surface area contributed by atoms with Gasteiger partial charge in [-0.3, -0.25) is 24.5 Å². The summed E-state index contributed by atoms with van der Waals surface area (Å²) in [6.45, 7) is 5.63. The zero-order valence-electron chi connectivity index (χ0n) is 27.3. The second kappa shape index (κ2) is 17.2. The number of rotatable bonds is 15. The summed E-state index contributed by atoms with van der Waals surface area (Å²) in [5, 5.41) is 30.2. The molecule has 0 aromatic carbocycles. The number of carbonyl (C=O) groups is 3. The quantitative estimate of drug-likeness (QED) is 0.102. The minimum absolute atomic E-state index is 0.00307. The summed E-state index contributed by atoms with van der Waals surface area (Å²) >= 11 is 0. The minimum Gasteiger partial charge on any atom is -0.481 e. The Hall–Kier alpha value is -2.35. The average molecular weight is 656 g/mol. The van der Waals surface area contributed by atoms with E-state index in [4.69, 9.17) is 24.0 Å². The molecule has 0 aromatic rings. The van der Waals surface area contributed by atoms with E-state index in [1.165, 1.54) is 0 Å². The van der Waals surface area contributed by atoms with Gasteiger partial charge in [0.2, 0.25) is 6.04 Å². The number of ether oxygens (including phenoxy) is 3. The Morgan fingerprint density at radius 1 is 0.717 bits per heavy atom. The molecule has 0 saturated heterocycles. The van der Waals surface area contributed by atoms with E-state index in [0.717, 1.165) is 44.9 Å². The first-order valence-corrected chi connectivity index (χ1v) is 17.2. The molecule has 4 rings (SSSR count). The van der Waals surface area contributed by atoms with Gasteiger partial charge in [-0.2, -0.15) is 0 Å². The van der Waals surface area contributed by atoms with Gasteiger partial charge >= 0.3 is 17.9 Å². The topological polar surface area (TPSA) is 181 Å². The normalized spacial score (nSPS) is 34.0. The van der Waals surface area contributed by atoms with E-state index in [1.54, 1.807) is 0 Å². The minimum atomic E-state index is -1.11. The van der Waals surface area contributed by atoms with E-state index < -0.39 is 40.7 Å². The summed E-state index contributed by atoms with van der Waals surface area (Å²) in [5.41, 5.74) is -0.194. The Morgan fingerprint density at radius 2 is 1.26 bits per heavy atom. The number of aliphatic carboxylic acids is 2. The number of carboxylic acids is 2. The third-order valence-corrected chi connectivity index (χ3v) is 10.4. The second-order valence-corrected chi connectivity index (χ2v) is 14.7. The zero-order chi connectivity index (χ0) is 33.3. The van der Waals surface area contributed by atoms with Gasteiger partial charge in [-0.05, 0) is 76.5 Å². The van der Waals surface area contributed by atoms with Gasteiger partial charge in [0.25, 0.3) is 0 Å². The van der Waals surface area contributed by atoms with Crippen LogP contribution in [0.3, 0.4) is 0 Å². The van der Waals surface area contributed by atoms with Gasteiger partial charge < -0.3 is 24.4 Å². The molecule has 13 nitrogen and oxygen atoms in total. The number of esters is 1. The maximum absolute atomic E-state index is 12.9. The van der Waals surface area contributed by atoms with Gasteiger partial charge in [0.05, 0.1) is 55.9 Å². The van der Waals surface area contributed by atoms with Gasteiger partial charge in [-0.25, -0.2) is 9.78 Å². The molecule has 4 aliphatic carbocycles. The van der Waals surface area contributed by atoms with E-state index in [9.17, 15) is 34.7 Å². The van der Waals surface area contributed by atoms with Crippen molar-refractivity contribution in [2.24, 2.45) is 29.1 Å². The average Bonchev–Trinajstić information content (AvgIpc) is 3.04. The van der Waals surface area contributed by atoms with Crippen LogP contribution in [0.5, 0.6) is 0 Å². The second-order valence-electron chi connectivity index (χ2n) is 14.7.